The largest absolute Gasteiger partial charge is 0.478 e. The summed E-state index contributed by atoms with van der Waals surface area (Å²) >= 11 is 0. The van der Waals surface area contributed by atoms with Gasteiger partial charge in [-0.05, 0) is 67.4 Å². The predicted molar refractivity (Wildman–Crippen MR) is 90.1 cm³/mol. The maximum Gasteiger partial charge on any atom is 0.331 e. The van der Waals surface area contributed by atoms with Crippen LogP contribution in [0.3, 0.4) is 0 Å². The van der Waals surface area contributed by atoms with Crippen LogP contribution in [0.15, 0.2) is 34.7 Å². The van der Waals surface area contributed by atoms with Crippen molar-refractivity contribution in [2.75, 3.05) is 0 Å². The van der Waals surface area contributed by atoms with Crippen LogP contribution in [0.25, 0.3) is 0 Å². The van der Waals surface area contributed by atoms with Gasteiger partial charge in [0.05, 0.1) is 12.5 Å². The van der Waals surface area contributed by atoms with Crippen molar-refractivity contribution in [1.82, 2.24) is 0 Å². The maximum atomic E-state index is 11.8. The van der Waals surface area contributed by atoms with Crippen molar-refractivity contribution in [3.05, 3.63) is 35.8 Å². The third-order valence-electron chi connectivity index (χ3n) is 6.97. The van der Waals surface area contributed by atoms with Crippen molar-refractivity contribution in [2.45, 2.75) is 59.3 Å². The summed E-state index contributed by atoms with van der Waals surface area (Å²) in [7, 11) is 0. The van der Waals surface area contributed by atoms with E-state index in [2.05, 4.69) is 20.8 Å². The second kappa shape index (κ2) is 5.85. The van der Waals surface area contributed by atoms with Crippen LogP contribution < -0.4 is 0 Å². The van der Waals surface area contributed by atoms with Crippen LogP contribution in [0.5, 0.6) is 0 Å². The molecule has 0 aromatic carbocycles. The molecule has 1 saturated carbocycles. The monoisotopic (exact) mass is 316 g/mol. The van der Waals surface area contributed by atoms with Crippen LogP contribution in [0.2, 0.25) is 0 Å². The molecular weight excluding hydrogens is 288 g/mol. The molecule has 3 nitrogen and oxygen atoms in total. The van der Waals surface area contributed by atoms with E-state index in [0.29, 0.717) is 17.4 Å². The smallest absolute Gasteiger partial charge is 0.331 e. The van der Waals surface area contributed by atoms with Crippen LogP contribution in [0, 0.1) is 22.7 Å². The number of carbonyl (C=O) groups is 1. The van der Waals surface area contributed by atoms with Gasteiger partial charge in [0, 0.05) is 11.0 Å². The van der Waals surface area contributed by atoms with Gasteiger partial charge < -0.3 is 9.52 Å². The molecule has 0 aliphatic heterocycles. The van der Waals surface area contributed by atoms with Gasteiger partial charge in [-0.2, -0.15) is 0 Å². The van der Waals surface area contributed by atoms with Gasteiger partial charge in [0.1, 0.15) is 0 Å². The summed E-state index contributed by atoms with van der Waals surface area (Å²) in [6.45, 7) is 6.94. The van der Waals surface area contributed by atoms with Crippen molar-refractivity contribution < 1.29 is 14.3 Å². The predicted octanol–water partition coefficient (Wildman–Crippen LogP) is 5.08. The lowest BCUT2D eigenvalue weighted by molar-refractivity contribution is -0.137. The number of hydrogen-bond acceptors (Lipinski definition) is 2. The van der Waals surface area contributed by atoms with E-state index in [0.717, 1.165) is 38.5 Å². The Labute approximate surface area is 138 Å². The first-order valence-corrected chi connectivity index (χ1v) is 8.83. The second-order valence-corrected chi connectivity index (χ2v) is 8.05. The molecule has 0 radical (unpaired) electrons. The van der Waals surface area contributed by atoms with E-state index in [1.165, 1.54) is 5.56 Å². The molecule has 0 spiro atoms. The normalized spacial score (nSPS) is 37.1. The molecule has 0 amide bonds. The zero-order valence-corrected chi connectivity index (χ0v) is 14.5. The van der Waals surface area contributed by atoms with Gasteiger partial charge in [-0.25, -0.2) is 4.79 Å². The second-order valence-electron chi connectivity index (χ2n) is 8.05. The quantitative estimate of drug-likeness (QED) is 0.843. The molecule has 3 heteroatoms. The zero-order chi connectivity index (χ0) is 16.7. The van der Waals surface area contributed by atoms with Crippen molar-refractivity contribution in [3.63, 3.8) is 0 Å². The fraction of sp³-hybridized carbons (Fsp3) is 0.650. The van der Waals surface area contributed by atoms with Gasteiger partial charge in [0.25, 0.3) is 0 Å². The van der Waals surface area contributed by atoms with E-state index in [1.54, 1.807) is 6.26 Å². The highest BCUT2D eigenvalue weighted by Crippen LogP contribution is 2.61. The summed E-state index contributed by atoms with van der Waals surface area (Å²) < 4.78 is 5.20. The number of carboxylic acids is 1. The topological polar surface area (TPSA) is 50.4 Å². The van der Waals surface area contributed by atoms with Crippen molar-refractivity contribution in [3.8, 4) is 0 Å². The molecule has 1 N–H and O–H groups in total. The Kier molecular flexibility index (Phi) is 4.16. The number of furan rings is 1. The molecule has 126 valence electrons. The summed E-state index contributed by atoms with van der Waals surface area (Å²) in [5.74, 6) is 0.353. The van der Waals surface area contributed by atoms with Crippen molar-refractivity contribution in [1.29, 1.82) is 0 Å². The fourth-order valence-electron chi connectivity index (χ4n) is 5.29. The van der Waals surface area contributed by atoms with Gasteiger partial charge >= 0.3 is 5.97 Å². The summed E-state index contributed by atoms with van der Waals surface area (Å²) in [5.41, 5.74) is 1.91. The highest BCUT2D eigenvalue weighted by molar-refractivity contribution is 5.88. The lowest BCUT2D eigenvalue weighted by atomic mass is 9.46. The molecule has 4 atom stereocenters. The lowest BCUT2D eigenvalue weighted by Gasteiger charge is -2.57. The molecule has 2 aliphatic carbocycles. The first kappa shape index (κ1) is 16.4. The minimum absolute atomic E-state index is 0.179. The Morgan fingerprint density at radius 1 is 1.39 bits per heavy atom. The van der Waals surface area contributed by atoms with Gasteiger partial charge in [0.15, 0.2) is 0 Å². The van der Waals surface area contributed by atoms with E-state index < -0.39 is 5.97 Å². The van der Waals surface area contributed by atoms with Gasteiger partial charge in [-0.3, -0.25) is 0 Å². The number of allylic oxidation sites excluding steroid dienone is 1. The standard InChI is InChI=1S/C20H28O3/c1-14-7-10-20(3)16(18(21)22)5-4-6-17(20)19(14,2)11-8-15-9-12-23-13-15/h5,9,12-14,17H,4,6-8,10-11H2,1-3H3,(H,21,22)/t14-,17-,19+,20-/m0/s1. The Hall–Kier alpha value is -1.51. The number of carboxylic acid groups (broad SMARTS) is 1. The molecule has 0 unspecified atom stereocenters. The van der Waals surface area contributed by atoms with Crippen LogP contribution in [-0.4, -0.2) is 11.1 Å². The molecule has 0 bridgehead atoms. The van der Waals surface area contributed by atoms with E-state index >= 15 is 0 Å². The Morgan fingerprint density at radius 3 is 2.83 bits per heavy atom. The number of rotatable bonds is 4. The summed E-state index contributed by atoms with van der Waals surface area (Å²) in [6, 6.07) is 2.04. The average molecular weight is 316 g/mol. The van der Waals surface area contributed by atoms with Crippen LogP contribution in [-0.2, 0) is 11.2 Å². The molecule has 1 fully saturated rings. The summed E-state index contributed by atoms with van der Waals surface area (Å²) in [6.07, 6.45) is 11.8. The van der Waals surface area contributed by atoms with Crippen LogP contribution in [0.4, 0.5) is 0 Å². The van der Waals surface area contributed by atoms with E-state index in [1.807, 2.05) is 18.4 Å². The minimum atomic E-state index is -0.719. The molecule has 1 heterocycles. The molecular formula is C20H28O3. The van der Waals surface area contributed by atoms with E-state index in [4.69, 9.17) is 4.42 Å². The van der Waals surface area contributed by atoms with Crippen molar-refractivity contribution >= 4 is 5.97 Å². The Balaban J connectivity index is 1.89. The molecule has 0 saturated heterocycles. The molecule has 3 rings (SSSR count). The first-order valence-electron chi connectivity index (χ1n) is 8.83. The number of fused-ring (bicyclic) bond motifs is 1. The van der Waals surface area contributed by atoms with Gasteiger partial charge in [0.2, 0.25) is 0 Å². The lowest BCUT2D eigenvalue weighted by Crippen LogP contribution is -2.51. The Bertz CT molecular complexity index is 600. The minimum Gasteiger partial charge on any atom is -0.478 e. The zero-order valence-electron chi connectivity index (χ0n) is 14.5. The summed E-state index contributed by atoms with van der Waals surface area (Å²) in [4.78, 5) is 11.8. The van der Waals surface area contributed by atoms with Gasteiger partial charge in [-0.15, -0.1) is 0 Å². The van der Waals surface area contributed by atoms with Crippen molar-refractivity contribution in [2.24, 2.45) is 22.7 Å². The maximum absolute atomic E-state index is 11.8. The molecule has 1 aromatic heterocycles. The molecule has 23 heavy (non-hydrogen) atoms. The first-order chi connectivity index (χ1) is 10.9. The highest BCUT2D eigenvalue weighted by Gasteiger charge is 2.55. The third-order valence-corrected chi connectivity index (χ3v) is 6.97. The van der Waals surface area contributed by atoms with Crippen LogP contribution >= 0.6 is 0 Å². The average Bonchev–Trinajstić information content (AvgIpc) is 3.02. The summed E-state index contributed by atoms with van der Waals surface area (Å²) in [5, 5.41) is 9.68. The number of aliphatic carboxylic acids is 1. The highest BCUT2D eigenvalue weighted by atomic mass is 16.4. The number of hydrogen-bond donors (Lipinski definition) is 1. The third kappa shape index (κ3) is 2.64. The Morgan fingerprint density at radius 2 is 2.17 bits per heavy atom. The SMILES string of the molecule is C[C@H]1CC[C@@]2(C)C(C(=O)O)=CCC[C@H]2[C@]1(C)CCc1ccoc1. The van der Waals surface area contributed by atoms with Crippen LogP contribution in [0.1, 0.15) is 58.4 Å². The van der Waals surface area contributed by atoms with Gasteiger partial charge in [-0.1, -0.05) is 26.8 Å². The number of aryl methyl sites for hydroxylation is 1. The van der Waals surface area contributed by atoms with E-state index in [-0.39, 0.29) is 10.8 Å². The molecule has 2 aliphatic rings. The van der Waals surface area contributed by atoms with E-state index in [9.17, 15) is 9.90 Å². The molecule has 1 aromatic rings. The fourth-order valence-corrected chi connectivity index (χ4v) is 5.29.